The molecule has 190 valence electrons. The van der Waals surface area contributed by atoms with Crippen molar-refractivity contribution in [1.29, 1.82) is 0 Å². The van der Waals surface area contributed by atoms with Gasteiger partial charge < -0.3 is 24.8 Å². The summed E-state index contributed by atoms with van der Waals surface area (Å²) in [5, 5.41) is 13.9. The third kappa shape index (κ3) is 7.77. The Hall–Kier alpha value is -2.97. The molecule has 1 amide bonds. The van der Waals surface area contributed by atoms with Crippen LogP contribution in [0.5, 0.6) is 11.5 Å². The molecule has 2 aromatic rings. The van der Waals surface area contributed by atoms with Gasteiger partial charge in [-0.2, -0.15) is 0 Å². The standard InChI is InChI=1S/C27H35FN2O5/c1-34-21-12-9-19(10-13-21)24(31)7-3-4-8-26(32)29-23(18-30-15-5-6-16-30)27(33)20-11-14-25(35-2)22(28)17-20/h9-14,17,23,27,33H,3-8,15-16,18H2,1-2H3,(H,29,32)/t23-,27-/m1/s1. The lowest BCUT2D eigenvalue weighted by molar-refractivity contribution is -0.123. The second kappa shape index (κ2) is 13.2. The molecule has 2 N–H and O–H groups in total. The van der Waals surface area contributed by atoms with Crippen molar-refractivity contribution < 1.29 is 28.6 Å². The van der Waals surface area contributed by atoms with Crippen LogP contribution in [0.15, 0.2) is 42.5 Å². The van der Waals surface area contributed by atoms with E-state index in [4.69, 9.17) is 9.47 Å². The van der Waals surface area contributed by atoms with Crippen LogP contribution in [0.3, 0.4) is 0 Å². The lowest BCUT2D eigenvalue weighted by Gasteiger charge is -2.29. The van der Waals surface area contributed by atoms with Gasteiger partial charge in [0.05, 0.1) is 20.3 Å². The second-order valence-electron chi connectivity index (χ2n) is 8.88. The van der Waals surface area contributed by atoms with Gasteiger partial charge in [0.15, 0.2) is 17.3 Å². The van der Waals surface area contributed by atoms with Crippen molar-refractivity contribution in [2.24, 2.45) is 0 Å². The van der Waals surface area contributed by atoms with Crippen LogP contribution in [-0.4, -0.2) is 61.6 Å². The van der Waals surface area contributed by atoms with Gasteiger partial charge in [-0.15, -0.1) is 0 Å². The monoisotopic (exact) mass is 486 g/mol. The highest BCUT2D eigenvalue weighted by Gasteiger charge is 2.27. The summed E-state index contributed by atoms with van der Waals surface area (Å²) in [5.41, 5.74) is 1.01. The van der Waals surface area contributed by atoms with Gasteiger partial charge in [-0.1, -0.05) is 6.07 Å². The number of nitrogens with one attached hydrogen (secondary N) is 1. The molecule has 1 fully saturated rings. The molecule has 1 heterocycles. The number of halogens is 1. The minimum atomic E-state index is -1.06. The molecule has 2 aromatic carbocycles. The third-order valence-corrected chi connectivity index (χ3v) is 6.37. The smallest absolute Gasteiger partial charge is 0.220 e. The molecule has 1 aliphatic heterocycles. The van der Waals surface area contributed by atoms with Crippen LogP contribution in [0.4, 0.5) is 4.39 Å². The minimum absolute atomic E-state index is 0.0249. The first kappa shape index (κ1) is 26.6. The summed E-state index contributed by atoms with van der Waals surface area (Å²) in [6.07, 6.45) is 2.84. The van der Waals surface area contributed by atoms with E-state index in [9.17, 15) is 19.1 Å². The molecule has 1 saturated heterocycles. The average Bonchev–Trinajstić information content (AvgIpc) is 3.39. The van der Waals surface area contributed by atoms with Crippen molar-refractivity contribution in [2.75, 3.05) is 33.9 Å². The second-order valence-corrected chi connectivity index (χ2v) is 8.88. The van der Waals surface area contributed by atoms with E-state index in [1.54, 1.807) is 37.4 Å². The van der Waals surface area contributed by atoms with Crippen LogP contribution in [0.25, 0.3) is 0 Å². The normalized spacial score (nSPS) is 15.4. The van der Waals surface area contributed by atoms with Crippen molar-refractivity contribution in [3.05, 3.63) is 59.4 Å². The number of ether oxygens (including phenoxy) is 2. The van der Waals surface area contributed by atoms with Gasteiger partial charge in [-0.3, -0.25) is 9.59 Å². The lowest BCUT2D eigenvalue weighted by atomic mass is 10.0. The average molecular weight is 487 g/mol. The van der Waals surface area contributed by atoms with E-state index < -0.39 is 18.0 Å². The maximum Gasteiger partial charge on any atom is 0.220 e. The van der Waals surface area contributed by atoms with E-state index in [0.29, 0.717) is 42.7 Å². The van der Waals surface area contributed by atoms with Gasteiger partial charge >= 0.3 is 0 Å². The largest absolute Gasteiger partial charge is 0.497 e. The van der Waals surface area contributed by atoms with Crippen molar-refractivity contribution in [3.63, 3.8) is 0 Å². The Labute approximate surface area is 206 Å². The number of unbranched alkanes of at least 4 members (excludes halogenated alkanes) is 1. The zero-order valence-electron chi connectivity index (χ0n) is 20.5. The van der Waals surface area contributed by atoms with Crippen molar-refractivity contribution >= 4 is 11.7 Å². The number of benzene rings is 2. The fourth-order valence-corrected chi connectivity index (χ4v) is 4.34. The summed E-state index contributed by atoms with van der Waals surface area (Å²) < 4.78 is 24.3. The number of ketones is 1. The zero-order chi connectivity index (χ0) is 25.2. The van der Waals surface area contributed by atoms with Gasteiger partial charge in [-0.05, 0) is 80.7 Å². The minimum Gasteiger partial charge on any atom is -0.497 e. The first-order chi connectivity index (χ1) is 16.9. The van der Waals surface area contributed by atoms with Crippen LogP contribution >= 0.6 is 0 Å². The Bertz CT molecular complexity index is 976. The van der Waals surface area contributed by atoms with E-state index in [1.807, 2.05) is 0 Å². The van der Waals surface area contributed by atoms with Crippen LogP contribution in [0.2, 0.25) is 0 Å². The molecular formula is C27H35FN2O5. The van der Waals surface area contributed by atoms with Crippen LogP contribution in [-0.2, 0) is 4.79 Å². The molecule has 0 bridgehead atoms. The van der Waals surface area contributed by atoms with Crippen LogP contribution in [0.1, 0.15) is 60.6 Å². The summed E-state index contributed by atoms with van der Waals surface area (Å²) in [4.78, 5) is 27.2. The van der Waals surface area contributed by atoms with E-state index >= 15 is 0 Å². The van der Waals surface area contributed by atoms with Crippen molar-refractivity contribution in [1.82, 2.24) is 10.2 Å². The summed E-state index contributed by atoms with van der Waals surface area (Å²) >= 11 is 0. The number of methoxy groups -OCH3 is 2. The summed E-state index contributed by atoms with van der Waals surface area (Å²) in [7, 11) is 2.96. The first-order valence-electron chi connectivity index (χ1n) is 12.1. The van der Waals surface area contributed by atoms with Gasteiger partial charge in [0, 0.05) is 24.9 Å². The number of carbonyl (C=O) groups is 2. The van der Waals surface area contributed by atoms with Gasteiger partial charge in [0.1, 0.15) is 11.9 Å². The highest BCUT2D eigenvalue weighted by atomic mass is 19.1. The molecule has 0 unspecified atom stereocenters. The van der Waals surface area contributed by atoms with Gasteiger partial charge in [0.2, 0.25) is 5.91 Å². The topological polar surface area (TPSA) is 88.1 Å². The van der Waals surface area contributed by atoms with Crippen LogP contribution in [0, 0.1) is 5.82 Å². The summed E-state index contributed by atoms with van der Waals surface area (Å²) in [6, 6.07) is 10.7. The Morgan fingerprint density at radius 1 is 1.03 bits per heavy atom. The maximum absolute atomic E-state index is 14.2. The highest BCUT2D eigenvalue weighted by Crippen LogP contribution is 2.25. The quantitative estimate of drug-likeness (QED) is 0.330. The number of nitrogens with zero attached hydrogens (tertiary/aromatic N) is 1. The molecule has 0 saturated carbocycles. The van der Waals surface area contributed by atoms with E-state index in [2.05, 4.69) is 10.2 Å². The van der Waals surface area contributed by atoms with E-state index in [1.165, 1.54) is 19.2 Å². The number of aliphatic hydroxyl groups is 1. The SMILES string of the molecule is COc1ccc(C(=O)CCCCC(=O)N[C@H](CN2CCCC2)[C@H](O)c2ccc(OC)c(F)c2)cc1. The highest BCUT2D eigenvalue weighted by molar-refractivity contribution is 5.96. The van der Waals surface area contributed by atoms with Crippen LogP contribution < -0.4 is 14.8 Å². The predicted molar refractivity (Wildman–Crippen MR) is 131 cm³/mol. The molecule has 0 aromatic heterocycles. The van der Waals surface area contributed by atoms with E-state index in [0.717, 1.165) is 25.9 Å². The van der Waals surface area contributed by atoms with Crippen molar-refractivity contribution in [2.45, 2.75) is 50.7 Å². The lowest BCUT2D eigenvalue weighted by Crippen LogP contribution is -2.46. The molecule has 35 heavy (non-hydrogen) atoms. The molecule has 3 rings (SSSR count). The summed E-state index contributed by atoms with van der Waals surface area (Å²) in [5.74, 6) is 0.0689. The Morgan fingerprint density at radius 2 is 1.71 bits per heavy atom. The van der Waals surface area contributed by atoms with E-state index in [-0.39, 0.29) is 23.9 Å². The Balaban J connectivity index is 1.52. The first-order valence-corrected chi connectivity index (χ1v) is 12.1. The molecule has 0 aliphatic carbocycles. The molecular weight excluding hydrogens is 451 g/mol. The Morgan fingerprint density at radius 3 is 2.34 bits per heavy atom. The number of aliphatic hydroxyl groups excluding tert-OH is 1. The number of likely N-dealkylation sites (tertiary alicyclic amines) is 1. The predicted octanol–water partition coefficient (Wildman–Crippen LogP) is 3.90. The molecule has 7 nitrogen and oxygen atoms in total. The van der Waals surface area contributed by atoms with Crippen molar-refractivity contribution in [3.8, 4) is 11.5 Å². The van der Waals surface area contributed by atoms with Gasteiger partial charge in [0.25, 0.3) is 0 Å². The maximum atomic E-state index is 14.2. The number of amides is 1. The fraction of sp³-hybridized carbons (Fsp3) is 0.481. The third-order valence-electron chi connectivity index (χ3n) is 6.37. The molecule has 8 heteroatoms. The molecule has 1 aliphatic rings. The number of Topliss-reactive ketones (excluding diaryl/α,β-unsaturated/α-hetero) is 1. The van der Waals surface area contributed by atoms with Gasteiger partial charge in [-0.25, -0.2) is 4.39 Å². The number of carbonyl (C=O) groups excluding carboxylic acids is 2. The molecule has 0 radical (unpaired) electrons. The fourth-order valence-electron chi connectivity index (χ4n) is 4.34. The molecule has 2 atom stereocenters. The number of hydrogen-bond donors (Lipinski definition) is 2. The summed E-state index contributed by atoms with van der Waals surface area (Å²) in [6.45, 7) is 2.30. The number of rotatable bonds is 13. The molecule has 0 spiro atoms. The Kier molecular flexibility index (Phi) is 10.0. The zero-order valence-corrected chi connectivity index (χ0v) is 20.5. The number of hydrogen-bond acceptors (Lipinski definition) is 6.